The van der Waals surface area contributed by atoms with Crippen molar-refractivity contribution in [1.29, 1.82) is 0 Å². The number of hydrogen-bond donors (Lipinski definition) is 0. The molecular weight excluding hydrogens is 414 g/mol. The Kier molecular flexibility index (Phi) is 8.25. The number of nitrogens with zero attached hydrogens (tertiary/aromatic N) is 1. The molecule has 0 saturated heterocycles. The molecule has 174 valence electrons. The van der Waals surface area contributed by atoms with E-state index in [0.29, 0.717) is 23.4 Å². The van der Waals surface area contributed by atoms with Crippen LogP contribution < -0.4 is 9.64 Å². The summed E-state index contributed by atoms with van der Waals surface area (Å²) in [5.41, 5.74) is 0.711. The van der Waals surface area contributed by atoms with E-state index in [1.807, 2.05) is 6.92 Å². The molecule has 1 aliphatic carbocycles. The van der Waals surface area contributed by atoms with E-state index >= 15 is 0 Å². The Labute approximate surface area is 188 Å². The van der Waals surface area contributed by atoms with Crippen molar-refractivity contribution in [1.82, 2.24) is 0 Å². The van der Waals surface area contributed by atoms with Gasteiger partial charge in [0.2, 0.25) is 0 Å². The number of hydrogen-bond acceptors (Lipinski definition) is 7. The number of amides is 1. The highest BCUT2D eigenvalue weighted by Gasteiger charge is 2.37. The van der Waals surface area contributed by atoms with E-state index in [1.165, 1.54) is 4.90 Å². The summed E-state index contributed by atoms with van der Waals surface area (Å²) < 4.78 is 16.1. The Morgan fingerprint density at radius 3 is 2.56 bits per heavy atom. The average Bonchev–Trinajstić information content (AvgIpc) is 2.80. The maximum atomic E-state index is 13.0. The highest BCUT2D eigenvalue weighted by atomic mass is 16.5. The SMILES string of the molecule is CCOC(=O)CCC(=O)c1ccc2c(c1)N(C(CC)C(=O)OC1CCCCC1)C(=O)CO2. The lowest BCUT2D eigenvalue weighted by atomic mass is 9.97. The van der Waals surface area contributed by atoms with Crippen LogP contribution in [0, 0.1) is 0 Å². The molecule has 0 N–H and O–H groups in total. The number of rotatable bonds is 9. The zero-order valence-corrected chi connectivity index (χ0v) is 18.8. The summed E-state index contributed by atoms with van der Waals surface area (Å²) >= 11 is 0. The first-order chi connectivity index (χ1) is 15.4. The van der Waals surface area contributed by atoms with Gasteiger partial charge < -0.3 is 14.2 Å². The minimum absolute atomic E-state index is 0.00660. The summed E-state index contributed by atoms with van der Waals surface area (Å²) in [6.07, 6.45) is 5.13. The molecule has 1 saturated carbocycles. The normalized spacial score (nSPS) is 17.2. The number of ketones is 1. The first kappa shape index (κ1) is 23.8. The second-order valence-corrected chi connectivity index (χ2v) is 8.08. The van der Waals surface area contributed by atoms with Crippen molar-refractivity contribution in [2.75, 3.05) is 18.1 Å². The molecule has 1 fully saturated rings. The van der Waals surface area contributed by atoms with Crippen LogP contribution in [0.4, 0.5) is 5.69 Å². The molecule has 1 atom stereocenters. The smallest absolute Gasteiger partial charge is 0.329 e. The number of esters is 2. The number of fused-ring (bicyclic) bond motifs is 1. The van der Waals surface area contributed by atoms with Gasteiger partial charge in [-0.25, -0.2) is 4.79 Å². The van der Waals surface area contributed by atoms with Gasteiger partial charge in [0.15, 0.2) is 12.4 Å². The Balaban J connectivity index is 1.79. The standard InChI is InChI=1S/C24H31NO7/c1-3-18(24(29)32-17-8-6-5-7-9-17)25-19-14-16(10-12-21(19)31-15-22(25)27)20(26)11-13-23(28)30-4-2/h10,12,14,17-18H,3-9,11,13,15H2,1-2H3. The van der Waals surface area contributed by atoms with E-state index in [-0.39, 0.29) is 43.8 Å². The summed E-state index contributed by atoms with van der Waals surface area (Å²) in [6.45, 7) is 3.60. The Bertz CT molecular complexity index is 860. The second kappa shape index (κ2) is 11.1. The minimum atomic E-state index is -0.794. The van der Waals surface area contributed by atoms with Crippen LogP contribution in [0.25, 0.3) is 0 Å². The van der Waals surface area contributed by atoms with E-state index in [2.05, 4.69) is 0 Å². The van der Waals surface area contributed by atoms with Gasteiger partial charge in [-0.3, -0.25) is 19.3 Å². The molecule has 2 aliphatic rings. The largest absolute Gasteiger partial charge is 0.482 e. The first-order valence-corrected chi connectivity index (χ1v) is 11.4. The first-order valence-electron chi connectivity index (χ1n) is 11.4. The molecule has 1 amide bonds. The van der Waals surface area contributed by atoms with Gasteiger partial charge in [-0.2, -0.15) is 0 Å². The van der Waals surface area contributed by atoms with Crippen LogP contribution in [0.3, 0.4) is 0 Å². The molecule has 1 aliphatic heterocycles. The number of benzene rings is 1. The summed E-state index contributed by atoms with van der Waals surface area (Å²) in [5.74, 6) is -1.05. The minimum Gasteiger partial charge on any atom is -0.482 e. The summed E-state index contributed by atoms with van der Waals surface area (Å²) in [6, 6.07) is 3.97. The molecule has 1 aromatic rings. The predicted molar refractivity (Wildman–Crippen MR) is 117 cm³/mol. The van der Waals surface area contributed by atoms with Gasteiger partial charge in [0.25, 0.3) is 5.91 Å². The van der Waals surface area contributed by atoms with Gasteiger partial charge >= 0.3 is 11.9 Å². The number of anilines is 1. The molecule has 1 heterocycles. The maximum absolute atomic E-state index is 13.0. The van der Waals surface area contributed by atoms with Crippen molar-refractivity contribution in [3.05, 3.63) is 23.8 Å². The molecule has 8 nitrogen and oxygen atoms in total. The lowest BCUT2D eigenvalue weighted by molar-refractivity contribution is -0.153. The zero-order valence-electron chi connectivity index (χ0n) is 18.8. The summed E-state index contributed by atoms with van der Waals surface area (Å²) in [5, 5.41) is 0. The predicted octanol–water partition coefficient (Wildman–Crippen LogP) is 3.59. The van der Waals surface area contributed by atoms with Crippen molar-refractivity contribution in [3.63, 3.8) is 0 Å². The fraction of sp³-hybridized carbons (Fsp3) is 0.583. The third kappa shape index (κ3) is 5.66. The van der Waals surface area contributed by atoms with Crippen LogP contribution in [0.5, 0.6) is 5.75 Å². The lowest BCUT2D eigenvalue weighted by Gasteiger charge is -2.35. The highest BCUT2D eigenvalue weighted by Crippen LogP contribution is 2.36. The highest BCUT2D eigenvalue weighted by molar-refractivity contribution is 6.05. The molecule has 0 aromatic heterocycles. The van der Waals surface area contributed by atoms with Crippen molar-refractivity contribution in [3.8, 4) is 5.75 Å². The van der Waals surface area contributed by atoms with Crippen molar-refractivity contribution in [2.45, 2.75) is 77.4 Å². The molecule has 1 aromatic carbocycles. The van der Waals surface area contributed by atoms with E-state index in [1.54, 1.807) is 25.1 Å². The molecule has 0 bridgehead atoms. The Morgan fingerprint density at radius 2 is 1.88 bits per heavy atom. The van der Waals surface area contributed by atoms with E-state index in [0.717, 1.165) is 32.1 Å². The van der Waals surface area contributed by atoms with Crippen LogP contribution in [0.2, 0.25) is 0 Å². The van der Waals surface area contributed by atoms with Gasteiger partial charge in [0.1, 0.15) is 17.9 Å². The number of ether oxygens (including phenoxy) is 3. The molecule has 1 unspecified atom stereocenters. The monoisotopic (exact) mass is 445 g/mol. The fourth-order valence-corrected chi connectivity index (χ4v) is 4.16. The second-order valence-electron chi connectivity index (χ2n) is 8.08. The van der Waals surface area contributed by atoms with Crippen LogP contribution in [-0.2, 0) is 23.9 Å². The molecule has 0 spiro atoms. The molecular formula is C24H31NO7. The third-order valence-corrected chi connectivity index (χ3v) is 5.83. The Hall–Kier alpha value is -2.90. The molecule has 0 radical (unpaired) electrons. The van der Waals surface area contributed by atoms with Gasteiger partial charge in [0.05, 0.1) is 18.7 Å². The quantitative estimate of drug-likeness (QED) is 0.423. The molecule has 32 heavy (non-hydrogen) atoms. The van der Waals surface area contributed by atoms with Crippen molar-refractivity contribution >= 4 is 29.3 Å². The van der Waals surface area contributed by atoms with Gasteiger partial charge in [-0.05, 0) is 57.2 Å². The maximum Gasteiger partial charge on any atom is 0.329 e. The molecule has 3 rings (SSSR count). The van der Waals surface area contributed by atoms with Crippen LogP contribution in [0.15, 0.2) is 18.2 Å². The number of Topliss-reactive ketones (excluding diaryl/α,β-unsaturated/α-hetero) is 1. The number of carbonyl (C=O) groups is 4. The lowest BCUT2D eigenvalue weighted by Crippen LogP contribution is -2.50. The van der Waals surface area contributed by atoms with Crippen LogP contribution >= 0.6 is 0 Å². The Morgan fingerprint density at radius 1 is 1.12 bits per heavy atom. The van der Waals surface area contributed by atoms with Crippen LogP contribution in [0.1, 0.15) is 75.6 Å². The summed E-state index contributed by atoms with van der Waals surface area (Å²) in [4.78, 5) is 51.3. The summed E-state index contributed by atoms with van der Waals surface area (Å²) in [7, 11) is 0. The fourth-order valence-electron chi connectivity index (χ4n) is 4.16. The average molecular weight is 446 g/mol. The number of carbonyl (C=O) groups excluding carboxylic acids is 4. The van der Waals surface area contributed by atoms with Gasteiger partial charge in [0, 0.05) is 12.0 Å². The van der Waals surface area contributed by atoms with E-state index in [9.17, 15) is 19.2 Å². The van der Waals surface area contributed by atoms with Gasteiger partial charge in [-0.1, -0.05) is 13.3 Å². The zero-order chi connectivity index (χ0) is 23.1. The van der Waals surface area contributed by atoms with Crippen molar-refractivity contribution < 1.29 is 33.4 Å². The van der Waals surface area contributed by atoms with Gasteiger partial charge in [-0.15, -0.1) is 0 Å². The molecule has 8 heteroatoms. The van der Waals surface area contributed by atoms with E-state index < -0.39 is 18.0 Å². The van der Waals surface area contributed by atoms with Crippen LogP contribution in [-0.4, -0.2) is 49.0 Å². The third-order valence-electron chi connectivity index (χ3n) is 5.83. The van der Waals surface area contributed by atoms with Crippen molar-refractivity contribution in [2.24, 2.45) is 0 Å². The van der Waals surface area contributed by atoms with E-state index in [4.69, 9.17) is 14.2 Å². The topological polar surface area (TPSA) is 99.2 Å².